The van der Waals surface area contributed by atoms with E-state index in [0.29, 0.717) is 11.3 Å². The van der Waals surface area contributed by atoms with Crippen LogP contribution in [0.1, 0.15) is 11.3 Å². The number of aromatic nitrogens is 1. The molecule has 0 saturated carbocycles. The van der Waals surface area contributed by atoms with Crippen molar-refractivity contribution < 1.29 is 52.7 Å². The Morgan fingerprint density at radius 2 is 1.86 bits per heavy atom. The minimum Gasteiger partial charge on any atom is -0.549 e. The quantitative estimate of drug-likeness (QED) is 0.301. The fourth-order valence-electron chi connectivity index (χ4n) is 3.71. The smallest absolute Gasteiger partial charge is 0.549 e. The summed E-state index contributed by atoms with van der Waals surface area (Å²) in [5, 5.41) is 10.8. The number of carbonyl (C=O) groups excluding carboxylic acids is 2. The maximum atomic E-state index is 12.9. The summed E-state index contributed by atoms with van der Waals surface area (Å²) in [7, 11) is -3.94. The standard InChI is InChI=1S/C19H16N2O5S.Na/c22-16-15(10-14-8-4-5-9-20-14)17-21(16)11-19(18(23)24,12-27(17,25)26)13-6-2-1-3-7-13;/h1-10,17H,11-12H2,(H,23,24);/q;+1/p-1/t17-,19?;/m1./s1. The molecule has 2 fully saturated rings. The van der Waals surface area contributed by atoms with Crippen molar-refractivity contribution in [2.24, 2.45) is 0 Å². The second kappa shape index (κ2) is 7.44. The molecule has 1 aromatic carbocycles. The predicted molar refractivity (Wildman–Crippen MR) is 94.6 cm³/mol. The monoisotopic (exact) mass is 406 g/mol. The van der Waals surface area contributed by atoms with E-state index in [4.69, 9.17) is 0 Å². The number of rotatable bonds is 3. The van der Waals surface area contributed by atoms with Crippen molar-refractivity contribution >= 4 is 27.8 Å². The van der Waals surface area contributed by atoms with Crippen LogP contribution in [0, 0.1) is 0 Å². The molecule has 0 bridgehead atoms. The summed E-state index contributed by atoms with van der Waals surface area (Å²) in [4.78, 5) is 29.7. The van der Waals surface area contributed by atoms with Gasteiger partial charge in [0.05, 0.1) is 28.4 Å². The van der Waals surface area contributed by atoms with E-state index in [1.165, 1.54) is 6.08 Å². The van der Waals surface area contributed by atoms with Crippen LogP contribution in [0.4, 0.5) is 0 Å². The molecule has 1 unspecified atom stereocenters. The van der Waals surface area contributed by atoms with Gasteiger partial charge in [0, 0.05) is 12.7 Å². The fourth-order valence-corrected chi connectivity index (χ4v) is 6.04. The third-order valence-corrected chi connectivity index (χ3v) is 7.08. The molecule has 1 amide bonds. The van der Waals surface area contributed by atoms with Crippen molar-refractivity contribution in [3.63, 3.8) is 0 Å². The van der Waals surface area contributed by atoms with Crippen molar-refractivity contribution in [2.45, 2.75) is 10.8 Å². The molecule has 0 spiro atoms. The number of hydrogen-bond donors (Lipinski definition) is 0. The van der Waals surface area contributed by atoms with Crippen LogP contribution in [-0.2, 0) is 24.8 Å². The van der Waals surface area contributed by atoms with E-state index in [2.05, 4.69) is 4.98 Å². The van der Waals surface area contributed by atoms with E-state index >= 15 is 0 Å². The summed E-state index contributed by atoms with van der Waals surface area (Å²) >= 11 is 0. The number of nitrogens with zero attached hydrogens (tertiary/aromatic N) is 2. The Balaban J connectivity index is 0.00000225. The minimum atomic E-state index is -3.94. The maximum Gasteiger partial charge on any atom is 1.00 e. The molecule has 138 valence electrons. The van der Waals surface area contributed by atoms with Gasteiger partial charge in [0.1, 0.15) is 0 Å². The fraction of sp³-hybridized carbons (Fsp3) is 0.211. The molecule has 0 N–H and O–H groups in total. The minimum absolute atomic E-state index is 0. The summed E-state index contributed by atoms with van der Waals surface area (Å²) < 4.78 is 25.9. The Morgan fingerprint density at radius 3 is 2.46 bits per heavy atom. The van der Waals surface area contributed by atoms with E-state index in [9.17, 15) is 23.1 Å². The van der Waals surface area contributed by atoms with Crippen LogP contribution in [0.5, 0.6) is 0 Å². The second-order valence-electron chi connectivity index (χ2n) is 6.68. The number of carbonyl (C=O) groups is 2. The Morgan fingerprint density at radius 1 is 1.18 bits per heavy atom. The van der Waals surface area contributed by atoms with Gasteiger partial charge in [-0.25, -0.2) is 8.42 Å². The van der Waals surface area contributed by atoms with Crippen molar-refractivity contribution in [3.05, 3.63) is 71.6 Å². The number of pyridine rings is 1. The SMILES string of the molecule is O=C1C(=Cc2ccccn2)[C@@H]2N1CC(C(=O)[O-])(c1ccccc1)CS2(=O)=O.[Na+]. The molecule has 7 nitrogen and oxygen atoms in total. The first-order chi connectivity index (χ1) is 12.8. The Labute approximate surface area is 184 Å². The molecular formula is C19H15N2NaO5S. The van der Waals surface area contributed by atoms with Crippen molar-refractivity contribution in [3.8, 4) is 0 Å². The second-order valence-corrected chi connectivity index (χ2v) is 8.74. The zero-order valence-electron chi connectivity index (χ0n) is 15.1. The van der Waals surface area contributed by atoms with E-state index in [0.717, 1.165) is 4.90 Å². The van der Waals surface area contributed by atoms with Crippen molar-refractivity contribution in [1.29, 1.82) is 0 Å². The zero-order chi connectivity index (χ0) is 19.2. The van der Waals surface area contributed by atoms with E-state index in [1.54, 1.807) is 54.7 Å². The van der Waals surface area contributed by atoms with Gasteiger partial charge < -0.3 is 14.8 Å². The van der Waals surface area contributed by atoms with Gasteiger partial charge in [-0.05, 0) is 23.8 Å². The Bertz CT molecular complexity index is 1060. The van der Waals surface area contributed by atoms with Crippen LogP contribution in [0.3, 0.4) is 0 Å². The summed E-state index contributed by atoms with van der Waals surface area (Å²) in [5.74, 6) is -2.64. The van der Waals surface area contributed by atoms with Crippen molar-refractivity contribution in [2.75, 3.05) is 12.3 Å². The molecule has 0 radical (unpaired) electrons. The van der Waals surface area contributed by atoms with Crippen LogP contribution in [0.25, 0.3) is 6.08 Å². The van der Waals surface area contributed by atoms with Gasteiger partial charge in [-0.2, -0.15) is 0 Å². The molecule has 4 rings (SSSR count). The normalized spacial score (nSPS) is 26.7. The number of hydrogen-bond acceptors (Lipinski definition) is 6. The number of carboxylic acids is 1. The third kappa shape index (κ3) is 3.20. The molecule has 3 heterocycles. The molecule has 2 atom stereocenters. The Hall–Kier alpha value is -2.00. The van der Waals surface area contributed by atoms with Crippen LogP contribution in [0.15, 0.2) is 60.3 Å². The first kappa shape index (κ1) is 20.7. The average molecular weight is 406 g/mol. The molecule has 0 aliphatic carbocycles. The van der Waals surface area contributed by atoms with Crippen LogP contribution in [0.2, 0.25) is 0 Å². The topological polar surface area (TPSA) is 107 Å². The van der Waals surface area contributed by atoms with Gasteiger partial charge in [-0.3, -0.25) is 9.78 Å². The van der Waals surface area contributed by atoms with Gasteiger partial charge >= 0.3 is 29.6 Å². The number of fused-ring (bicyclic) bond motifs is 1. The first-order valence-corrected chi connectivity index (χ1v) is 9.99. The van der Waals surface area contributed by atoms with E-state index in [-0.39, 0.29) is 41.7 Å². The van der Waals surface area contributed by atoms with E-state index < -0.39 is 38.3 Å². The van der Waals surface area contributed by atoms with E-state index in [1.807, 2.05) is 0 Å². The molecule has 28 heavy (non-hydrogen) atoms. The third-order valence-electron chi connectivity index (χ3n) is 4.99. The number of benzene rings is 1. The number of sulfone groups is 1. The summed E-state index contributed by atoms with van der Waals surface area (Å²) in [6.07, 6.45) is 2.98. The molecule has 9 heteroatoms. The summed E-state index contributed by atoms with van der Waals surface area (Å²) in [6.45, 7) is -0.248. The largest absolute Gasteiger partial charge is 1.00 e. The molecule has 2 saturated heterocycles. The molecule has 1 aromatic heterocycles. The number of carboxylic acid groups (broad SMARTS) is 1. The molecule has 2 aromatic rings. The first-order valence-electron chi connectivity index (χ1n) is 8.27. The van der Waals surface area contributed by atoms with Crippen LogP contribution < -0.4 is 34.7 Å². The molecule has 2 aliphatic rings. The van der Waals surface area contributed by atoms with Crippen molar-refractivity contribution in [1.82, 2.24) is 9.88 Å². The van der Waals surface area contributed by atoms with Gasteiger partial charge in [0.25, 0.3) is 5.91 Å². The van der Waals surface area contributed by atoms with Gasteiger partial charge in [0.15, 0.2) is 15.2 Å². The molecule has 2 aliphatic heterocycles. The average Bonchev–Trinajstić information content (AvgIpc) is 2.66. The van der Waals surface area contributed by atoms with Gasteiger partial charge in [-0.1, -0.05) is 36.4 Å². The number of aliphatic carboxylic acids is 1. The van der Waals surface area contributed by atoms with Crippen LogP contribution >= 0.6 is 0 Å². The molecular weight excluding hydrogens is 391 g/mol. The van der Waals surface area contributed by atoms with Gasteiger partial charge in [-0.15, -0.1) is 0 Å². The van der Waals surface area contributed by atoms with Gasteiger partial charge in [0.2, 0.25) is 0 Å². The number of amides is 1. The maximum absolute atomic E-state index is 12.9. The van der Waals surface area contributed by atoms with Crippen LogP contribution in [-0.4, -0.2) is 47.8 Å². The number of β-lactam (4-membered cyclic amide) rings is 1. The Kier molecular flexibility index (Phi) is 5.51. The zero-order valence-corrected chi connectivity index (χ0v) is 17.9. The summed E-state index contributed by atoms with van der Waals surface area (Å²) in [6, 6.07) is 13.1. The summed E-state index contributed by atoms with van der Waals surface area (Å²) in [5.41, 5.74) is -0.908. The predicted octanol–water partition coefficient (Wildman–Crippen LogP) is -3.25.